The SMILES string of the molecule is Cn1cc(-c2cc(-c3ccc4ccccc4n3)c3c(c2)C2C=CC=CC2O3)nc1-c1ccccc1O. The minimum atomic E-state index is -0.0278. The zero-order chi connectivity index (χ0) is 24.2. The van der Waals surface area contributed by atoms with Crippen molar-refractivity contribution in [2.24, 2.45) is 7.05 Å². The Labute approximate surface area is 208 Å². The van der Waals surface area contributed by atoms with Crippen molar-refractivity contribution >= 4 is 10.9 Å². The number of aromatic nitrogens is 3. The molecule has 0 fully saturated rings. The Morgan fingerprint density at radius 3 is 2.58 bits per heavy atom. The first kappa shape index (κ1) is 20.7. The number of hydrogen-bond acceptors (Lipinski definition) is 4. The number of ether oxygens (including phenoxy) is 1. The van der Waals surface area contributed by atoms with Crippen molar-refractivity contribution in [1.29, 1.82) is 0 Å². The van der Waals surface area contributed by atoms with Gasteiger partial charge in [-0.25, -0.2) is 9.97 Å². The fourth-order valence-corrected chi connectivity index (χ4v) is 5.22. The van der Waals surface area contributed by atoms with Crippen molar-refractivity contribution in [2.75, 3.05) is 0 Å². The summed E-state index contributed by atoms with van der Waals surface area (Å²) in [7, 11) is 1.95. The number of imidazole rings is 1. The Kier molecular flexibility index (Phi) is 4.58. The van der Waals surface area contributed by atoms with Gasteiger partial charge in [0.25, 0.3) is 0 Å². The zero-order valence-corrected chi connectivity index (χ0v) is 19.7. The van der Waals surface area contributed by atoms with Crippen molar-refractivity contribution < 1.29 is 9.84 Å². The smallest absolute Gasteiger partial charge is 0.144 e. The molecule has 2 aliphatic rings. The highest BCUT2D eigenvalue weighted by Gasteiger charge is 2.35. The van der Waals surface area contributed by atoms with Gasteiger partial charge in [0.1, 0.15) is 23.4 Å². The molecule has 3 heterocycles. The molecule has 36 heavy (non-hydrogen) atoms. The molecule has 5 nitrogen and oxygen atoms in total. The highest BCUT2D eigenvalue weighted by molar-refractivity contribution is 5.85. The van der Waals surface area contributed by atoms with Gasteiger partial charge in [0.05, 0.1) is 22.5 Å². The highest BCUT2D eigenvalue weighted by Crippen LogP contribution is 2.48. The largest absolute Gasteiger partial charge is 0.507 e. The minimum Gasteiger partial charge on any atom is -0.507 e. The topological polar surface area (TPSA) is 60.2 Å². The van der Waals surface area contributed by atoms with E-state index in [9.17, 15) is 5.11 Å². The molecule has 1 aliphatic carbocycles. The molecule has 0 saturated carbocycles. The molecular formula is C31H23N3O2. The summed E-state index contributed by atoms with van der Waals surface area (Å²) in [6.45, 7) is 0. The van der Waals surface area contributed by atoms with E-state index in [1.807, 2.05) is 60.3 Å². The molecule has 3 aromatic carbocycles. The summed E-state index contributed by atoms with van der Waals surface area (Å²) < 4.78 is 8.43. The van der Waals surface area contributed by atoms with Crippen LogP contribution < -0.4 is 4.74 Å². The van der Waals surface area contributed by atoms with Crippen molar-refractivity contribution in [2.45, 2.75) is 12.0 Å². The number of hydrogen-bond donors (Lipinski definition) is 1. The quantitative estimate of drug-likeness (QED) is 0.322. The first-order valence-corrected chi connectivity index (χ1v) is 12.0. The zero-order valence-electron chi connectivity index (χ0n) is 19.7. The second-order valence-corrected chi connectivity index (χ2v) is 9.29. The van der Waals surface area contributed by atoms with Crippen molar-refractivity contribution in [3.63, 3.8) is 0 Å². The third kappa shape index (κ3) is 3.24. The first-order valence-electron chi connectivity index (χ1n) is 12.0. The molecule has 5 aromatic rings. The van der Waals surface area contributed by atoms with E-state index in [1.165, 1.54) is 0 Å². The predicted octanol–water partition coefficient (Wildman–Crippen LogP) is 6.65. The molecule has 0 saturated heterocycles. The molecular weight excluding hydrogens is 446 g/mol. The van der Waals surface area contributed by atoms with Crippen LogP contribution in [0.4, 0.5) is 0 Å². The van der Waals surface area contributed by atoms with E-state index in [0.29, 0.717) is 11.4 Å². The van der Waals surface area contributed by atoms with Gasteiger partial charge in [0, 0.05) is 41.2 Å². The molecule has 0 spiro atoms. The van der Waals surface area contributed by atoms with E-state index in [1.54, 1.807) is 6.07 Å². The number of para-hydroxylation sites is 2. The molecule has 7 rings (SSSR count). The minimum absolute atomic E-state index is 0.0278. The van der Waals surface area contributed by atoms with Crippen molar-refractivity contribution in [3.8, 4) is 45.4 Å². The molecule has 5 heteroatoms. The number of allylic oxidation sites excluding steroid dienone is 2. The number of aryl methyl sites for hydroxylation is 1. The van der Waals surface area contributed by atoms with Gasteiger partial charge in [0.15, 0.2) is 0 Å². The summed E-state index contributed by atoms with van der Waals surface area (Å²) >= 11 is 0. The summed E-state index contributed by atoms with van der Waals surface area (Å²) in [5.74, 6) is 1.95. The van der Waals surface area contributed by atoms with Gasteiger partial charge in [-0.15, -0.1) is 0 Å². The lowest BCUT2D eigenvalue weighted by Crippen LogP contribution is -2.15. The number of aromatic hydroxyl groups is 1. The molecule has 2 atom stereocenters. The Morgan fingerprint density at radius 1 is 0.833 bits per heavy atom. The van der Waals surface area contributed by atoms with E-state index in [4.69, 9.17) is 14.7 Å². The molecule has 0 amide bonds. The second-order valence-electron chi connectivity index (χ2n) is 9.29. The van der Waals surface area contributed by atoms with Crippen LogP contribution in [0.5, 0.6) is 11.5 Å². The van der Waals surface area contributed by atoms with Crippen LogP contribution in [0.3, 0.4) is 0 Å². The van der Waals surface area contributed by atoms with E-state index in [2.05, 4.69) is 48.6 Å². The van der Waals surface area contributed by atoms with Crippen LogP contribution in [0, 0.1) is 0 Å². The van der Waals surface area contributed by atoms with Crippen LogP contribution in [-0.2, 0) is 7.05 Å². The van der Waals surface area contributed by atoms with Gasteiger partial charge in [-0.1, -0.05) is 54.6 Å². The van der Waals surface area contributed by atoms with Gasteiger partial charge in [0.2, 0.25) is 0 Å². The Bertz CT molecular complexity index is 1710. The standard InChI is InChI=1S/C31H23N3O2/c1-34-18-27(33-31(34)22-10-3-6-12-28(22)35)20-16-23-21-9-4-7-13-29(21)36-30(23)24(17-20)26-15-14-19-8-2-5-11-25(19)32-26/h2-18,21,29,35H,1H3. The number of benzene rings is 3. The predicted molar refractivity (Wildman–Crippen MR) is 142 cm³/mol. The van der Waals surface area contributed by atoms with Crippen LogP contribution in [0.2, 0.25) is 0 Å². The van der Waals surface area contributed by atoms with Gasteiger partial charge in [-0.3, -0.25) is 0 Å². The molecule has 0 bridgehead atoms. The van der Waals surface area contributed by atoms with Crippen molar-refractivity contribution in [1.82, 2.24) is 14.5 Å². The number of nitrogens with zero attached hydrogens (tertiary/aromatic N) is 3. The number of pyridine rings is 1. The number of rotatable bonds is 3. The average Bonchev–Trinajstić information content (AvgIpc) is 3.48. The molecule has 1 N–H and O–H groups in total. The Morgan fingerprint density at radius 2 is 1.67 bits per heavy atom. The summed E-state index contributed by atoms with van der Waals surface area (Å²) in [6.07, 6.45) is 10.4. The van der Waals surface area contributed by atoms with Crippen LogP contribution in [-0.4, -0.2) is 25.7 Å². The number of phenolic OH excluding ortho intramolecular Hbond substituents is 1. The first-order chi connectivity index (χ1) is 17.7. The molecule has 174 valence electrons. The van der Waals surface area contributed by atoms with Gasteiger partial charge >= 0.3 is 0 Å². The van der Waals surface area contributed by atoms with Gasteiger partial charge in [-0.05, 0) is 42.5 Å². The summed E-state index contributed by atoms with van der Waals surface area (Å²) in [6, 6.07) is 23.9. The average molecular weight is 470 g/mol. The summed E-state index contributed by atoms with van der Waals surface area (Å²) in [5.41, 5.74) is 6.44. The second kappa shape index (κ2) is 7.95. The lowest BCUT2D eigenvalue weighted by atomic mass is 9.89. The van der Waals surface area contributed by atoms with E-state index in [0.717, 1.165) is 44.7 Å². The number of fused-ring (bicyclic) bond motifs is 4. The normalized spacial score (nSPS) is 17.7. The molecule has 2 unspecified atom stereocenters. The lowest BCUT2D eigenvalue weighted by molar-refractivity contribution is 0.270. The Balaban J connectivity index is 1.42. The fraction of sp³-hybridized carbons (Fsp3) is 0.0968. The molecule has 0 radical (unpaired) electrons. The maximum Gasteiger partial charge on any atom is 0.144 e. The number of phenols is 1. The van der Waals surface area contributed by atoms with E-state index in [-0.39, 0.29) is 17.8 Å². The van der Waals surface area contributed by atoms with Gasteiger partial charge in [-0.2, -0.15) is 0 Å². The van der Waals surface area contributed by atoms with Crippen molar-refractivity contribution in [3.05, 3.63) is 109 Å². The van der Waals surface area contributed by atoms with Crippen LogP contribution in [0.15, 0.2) is 103 Å². The summed E-state index contributed by atoms with van der Waals surface area (Å²) in [5, 5.41) is 11.5. The maximum atomic E-state index is 10.4. The molecule has 2 aromatic heterocycles. The third-order valence-corrected chi connectivity index (χ3v) is 7.01. The third-order valence-electron chi connectivity index (χ3n) is 7.01. The summed E-state index contributed by atoms with van der Waals surface area (Å²) in [4.78, 5) is 9.92. The highest BCUT2D eigenvalue weighted by atomic mass is 16.5. The van der Waals surface area contributed by atoms with Crippen LogP contribution >= 0.6 is 0 Å². The monoisotopic (exact) mass is 469 g/mol. The van der Waals surface area contributed by atoms with Gasteiger partial charge < -0.3 is 14.4 Å². The Hall–Kier alpha value is -4.64. The molecule has 1 aliphatic heterocycles. The van der Waals surface area contributed by atoms with Crippen LogP contribution in [0.1, 0.15) is 11.5 Å². The lowest BCUT2D eigenvalue weighted by Gasteiger charge is -2.14. The van der Waals surface area contributed by atoms with E-state index >= 15 is 0 Å². The van der Waals surface area contributed by atoms with Crippen LogP contribution in [0.25, 0.3) is 44.8 Å². The maximum absolute atomic E-state index is 10.4. The van der Waals surface area contributed by atoms with E-state index < -0.39 is 0 Å². The fourth-order valence-electron chi connectivity index (χ4n) is 5.22.